The molecule has 36 heavy (non-hydrogen) atoms. The van der Waals surface area contributed by atoms with Gasteiger partial charge in [-0.2, -0.15) is 0 Å². The molecule has 3 aliphatic heterocycles. The molecular formula is C28H32N4O4. The molecule has 0 radical (unpaired) electrons. The number of amides is 2. The van der Waals surface area contributed by atoms with E-state index in [1.165, 1.54) is 12.8 Å². The molecule has 2 amide bonds. The number of phenolic OH excluding ortho intramolecular Hbond substituents is 1. The number of nitrogens with zero attached hydrogens (tertiary/aromatic N) is 3. The second-order valence-electron chi connectivity index (χ2n) is 10.4. The number of piperazine rings is 1. The molecule has 4 heterocycles. The van der Waals surface area contributed by atoms with Crippen molar-refractivity contribution in [2.24, 2.45) is 0 Å². The Morgan fingerprint density at radius 3 is 2.67 bits per heavy atom. The topological polar surface area (TPSA) is 89.1 Å². The zero-order chi connectivity index (χ0) is 25.0. The molecule has 188 valence electrons. The number of carbonyl (C=O) groups excluding carboxylic acids is 2. The number of aromatic amines is 1. The molecule has 3 aliphatic rings. The van der Waals surface area contributed by atoms with Gasteiger partial charge in [-0.15, -0.1) is 0 Å². The Morgan fingerprint density at radius 1 is 1.11 bits per heavy atom. The molecule has 2 N–H and O–H groups in total. The van der Waals surface area contributed by atoms with Crippen molar-refractivity contribution in [3.05, 3.63) is 59.3 Å². The number of likely N-dealkylation sites (tertiary alicyclic amines) is 1. The second-order valence-corrected chi connectivity index (χ2v) is 10.4. The number of nitrogens with one attached hydrogen (secondary N) is 1. The highest BCUT2D eigenvalue weighted by Crippen LogP contribution is 2.47. The van der Waals surface area contributed by atoms with E-state index in [0.29, 0.717) is 13.0 Å². The number of ether oxygens (including phenoxy) is 1. The van der Waals surface area contributed by atoms with Crippen molar-refractivity contribution in [1.29, 1.82) is 0 Å². The number of benzene rings is 2. The predicted molar refractivity (Wildman–Crippen MR) is 136 cm³/mol. The summed E-state index contributed by atoms with van der Waals surface area (Å²) < 4.78 is 5.49. The van der Waals surface area contributed by atoms with Gasteiger partial charge >= 0.3 is 0 Å². The number of aromatic nitrogens is 1. The van der Waals surface area contributed by atoms with E-state index in [-0.39, 0.29) is 24.1 Å². The van der Waals surface area contributed by atoms with Crippen molar-refractivity contribution in [1.82, 2.24) is 19.7 Å². The summed E-state index contributed by atoms with van der Waals surface area (Å²) in [5, 5.41) is 11.3. The zero-order valence-corrected chi connectivity index (χ0v) is 20.8. The number of carbonyl (C=O) groups is 2. The first-order valence-electron chi connectivity index (χ1n) is 12.7. The molecule has 2 saturated heterocycles. The fourth-order valence-electron chi connectivity index (χ4n) is 6.35. The number of hydrogen-bond acceptors (Lipinski definition) is 5. The van der Waals surface area contributed by atoms with Gasteiger partial charge in [-0.25, -0.2) is 0 Å². The fraction of sp³-hybridized carbons (Fsp3) is 0.429. The van der Waals surface area contributed by atoms with Gasteiger partial charge in [0.15, 0.2) is 0 Å². The van der Waals surface area contributed by atoms with Gasteiger partial charge in [-0.05, 0) is 74.3 Å². The molecule has 0 aliphatic carbocycles. The summed E-state index contributed by atoms with van der Waals surface area (Å²) in [6.07, 6.45) is 2.79. The number of phenols is 1. The van der Waals surface area contributed by atoms with Crippen LogP contribution in [0.2, 0.25) is 0 Å². The molecule has 1 aromatic heterocycles. The normalized spacial score (nSPS) is 24.3. The summed E-state index contributed by atoms with van der Waals surface area (Å²) in [7, 11) is 1.64. The lowest BCUT2D eigenvalue weighted by Crippen LogP contribution is -2.70. The highest BCUT2D eigenvalue weighted by atomic mass is 16.5. The second kappa shape index (κ2) is 8.55. The zero-order valence-electron chi connectivity index (χ0n) is 20.8. The van der Waals surface area contributed by atoms with E-state index in [1.54, 1.807) is 35.1 Å². The number of methoxy groups -OCH3 is 1. The molecule has 2 fully saturated rings. The average Bonchev–Trinajstić information content (AvgIpc) is 3.52. The molecule has 0 saturated carbocycles. The van der Waals surface area contributed by atoms with Crippen LogP contribution in [0.1, 0.15) is 42.6 Å². The van der Waals surface area contributed by atoms with Crippen LogP contribution in [0.4, 0.5) is 0 Å². The maximum atomic E-state index is 14.1. The summed E-state index contributed by atoms with van der Waals surface area (Å²) in [4.78, 5) is 37.3. The largest absolute Gasteiger partial charge is 0.508 e. The van der Waals surface area contributed by atoms with Crippen LogP contribution >= 0.6 is 0 Å². The van der Waals surface area contributed by atoms with Crippen LogP contribution in [-0.2, 0) is 16.0 Å². The minimum absolute atomic E-state index is 0.0191. The first-order chi connectivity index (χ1) is 17.4. The van der Waals surface area contributed by atoms with Crippen molar-refractivity contribution < 1.29 is 19.4 Å². The van der Waals surface area contributed by atoms with Crippen molar-refractivity contribution in [3.8, 4) is 11.5 Å². The highest BCUT2D eigenvalue weighted by molar-refractivity contribution is 6.00. The van der Waals surface area contributed by atoms with Crippen LogP contribution in [0.15, 0.2) is 42.5 Å². The van der Waals surface area contributed by atoms with E-state index in [4.69, 9.17) is 4.74 Å². The smallest absolute Gasteiger partial charge is 0.249 e. The molecule has 6 rings (SSSR count). The molecule has 8 heteroatoms. The number of fused-ring (bicyclic) bond motifs is 4. The van der Waals surface area contributed by atoms with Crippen molar-refractivity contribution in [2.45, 2.75) is 37.8 Å². The Bertz CT molecular complexity index is 1340. The van der Waals surface area contributed by atoms with Crippen LogP contribution in [-0.4, -0.2) is 82.0 Å². The van der Waals surface area contributed by atoms with Gasteiger partial charge < -0.3 is 29.5 Å². The number of aromatic hydroxyl groups is 1. The molecular weight excluding hydrogens is 456 g/mol. The SMILES string of the molecule is COc1ccc2[nH]c3c(c2c1)C[C@]1(C)C(=O)N(CCN2CCCC2)CC(=O)N1[C@@H]3c1cccc(O)c1. The summed E-state index contributed by atoms with van der Waals surface area (Å²) in [5.74, 6) is 0.773. The minimum atomic E-state index is -1.04. The van der Waals surface area contributed by atoms with Crippen molar-refractivity contribution in [3.63, 3.8) is 0 Å². The Hall–Kier alpha value is -3.52. The van der Waals surface area contributed by atoms with Gasteiger partial charge in [0.2, 0.25) is 11.8 Å². The number of hydrogen-bond donors (Lipinski definition) is 2. The lowest BCUT2D eigenvalue weighted by Gasteiger charge is -2.53. The van der Waals surface area contributed by atoms with Crippen LogP contribution in [0.5, 0.6) is 11.5 Å². The third kappa shape index (κ3) is 3.54. The predicted octanol–water partition coefficient (Wildman–Crippen LogP) is 3.05. The quantitative estimate of drug-likeness (QED) is 0.576. The maximum absolute atomic E-state index is 14.1. The van der Waals surface area contributed by atoms with Crippen LogP contribution < -0.4 is 4.74 Å². The van der Waals surface area contributed by atoms with Gasteiger partial charge in [0.1, 0.15) is 17.0 Å². The standard InChI is InChI=1S/C28H32N4O4/c1-28-16-22-21-15-20(36-2)8-9-23(21)29-25(22)26(18-6-5-7-19(33)14-18)32(28)24(34)17-31(27(28)35)13-12-30-10-3-4-11-30/h5-9,14-15,26,29,33H,3-4,10-13,16-17H2,1-2H3/t26-,28-/m1/s1. The monoisotopic (exact) mass is 488 g/mol. The summed E-state index contributed by atoms with van der Waals surface area (Å²) in [6.45, 7) is 5.42. The lowest BCUT2D eigenvalue weighted by molar-refractivity contribution is -0.167. The van der Waals surface area contributed by atoms with Gasteiger partial charge in [0.05, 0.1) is 19.7 Å². The Balaban J connectivity index is 1.46. The summed E-state index contributed by atoms with van der Waals surface area (Å²) >= 11 is 0. The minimum Gasteiger partial charge on any atom is -0.508 e. The first-order valence-corrected chi connectivity index (χ1v) is 12.7. The Kier molecular flexibility index (Phi) is 5.44. The van der Waals surface area contributed by atoms with Gasteiger partial charge in [0.25, 0.3) is 0 Å². The molecule has 0 spiro atoms. The Morgan fingerprint density at radius 2 is 1.92 bits per heavy atom. The molecule has 0 bridgehead atoms. The molecule has 2 aromatic carbocycles. The van der Waals surface area contributed by atoms with Gasteiger partial charge in [-0.1, -0.05) is 12.1 Å². The van der Waals surface area contributed by atoms with Crippen LogP contribution in [0, 0.1) is 0 Å². The first kappa shape index (κ1) is 22.9. The van der Waals surface area contributed by atoms with Gasteiger partial charge in [0, 0.05) is 36.1 Å². The highest BCUT2D eigenvalue weighted by Gasteiger charge is 2.56. The number of H-pyrrole nitrogens is 1. The summed E-state index contributed by atoms with van der Waals surface area (Å²) in [5.41, 5.74) is 2.56. The van der Waals surface area contributed by atoms with Crippen molar-refractivity contribution in [2.75, 3.05) is 39.8 Å². The molecule has 2 atom stereocenters. The Labute approximate surface area is 210 Å². The third-order valence-corrected chi connectivity index (χ3v) is 8.14. The van der Waals surface area contributed by atoms with E-state index >= 15 is 0 Å². The summed E-state index contributed by atoms with van der Waals surface area (Å²) in [6, 6.07) is 12.3. The van der Waals surface area contributed by atoms with E-state index in [0.717, 1.165) is 53.1 Å². The number of rotatable bonds is 5. The third-order valence-electron chi connectivity index (χ3n) is 8.14. The fourth-order valence-corrected chi connectivity index (χ4v) is 6.35. The van der Waals surface area contributed by atoms with E-state index in [1.807, 2.05) is 31.2 Å². The van der Waals surface area contributed by atoms with E-state index < -0.39 is 11.6 Å². The van der Waals surface area contributed by atoms with Gasteiger partial charge in [-0.3, -0.25) is 9.59 Å². The maximum Gasteiger partial charge on any atom is 0.249 e. The van der Waals surface area contributed by atoms with Crippen LogP contribution in [0.3, 0.4) is 0 Å². The van der Waals surface area contributed by atoms with E-state index in [9.17, 15) is 14.7 Å². The molecule has 3 aromatic rings. The lowest BCUT2D eigenvalue weighted by atomic mass is 9.78. The average molecular weight is 489 g/mol. The molecule has 8 nitrogen and oxygen atoms in total. The van der Waals surface area contributed by atoms with Crippen LogP contribution in [0.25, 0.3) is 10.9 Å². The van der Waals surface area contributed by atoms with E-state index in [2.05, 4.69) is 9.88 Å². The molecule has 0 unspecified atom stereocenters. The van der Waals surface area contributed by atoms with Crippen molar-refractivity contribution >= 4 is 22.7 Å².